The molecule has 27 heavy (non-hydrogen) atoms. The van der Waals surface area contributed by atoms with E-state index in [0.29, 0.717) is 17.1 Å². The van der Waals surface area contributed by atoms with Crippen LogP contribution in [0, 0.1) is 0 Å². The Kier molecular flexibility index (Phi) is 5.93. The first kappa shape index (κ1) is 19.1. The Morgan fingerprint density at radius 2 is 1.78 bits per heavy atom. The fraction of sp³-hybridized carbons (Fsp3) is 0.158. The van der Waals surface area contributed by atoms with Gasteiger partial charge in [-0.05, 0) is 41.5 Å². The fourth-order valence-electron chi connectivity index (χ4n) is 2.47. The van der Waals surface area contributed by atoms with Gasteiger partial charge in [-0.1, -0.05) is 29.8 Å². The summed E-state index contributed by atoms with van der Waals surface area (Å²) in [5.41, 5.74) is 1.42. The molecule has 0 radical (unpaired) electrons. The molecular weight excluding hydrogens is 388 g/mol. The summed E-state index contributed by atoms with van der Waals surface area (Å²) < 4.78 is 30.2. The lowest BCUT2D eigenvalue weighted by molar-refractivity contribution is 0.0921. The van der Waals surface area contributed by atoms with Gasteiger partial charge in [0.15, 0.2) is 15.6 Å². The molecule has 2 aromatic heterocycles. The number of carbonyl (C=O) groups excluding carboxylic acids is 1. The smallest absolute Gasteiger partial charge is 0.287 e. The number of benzene rings is 1. The number of furan rings is 1. The number of amides is 1. The summed E-state index contributed by atoms with van der Waals surface area (Å²) in [7, 11) is -3.49. The van der Waals surface area contributed by atoms with E-state index in [1.165, 1.54) is 12.1 Å². The Labute approximate surface area is 162 Å². The molecule has 0 atom stereocenters. The lowest BCUT2D eigenvalue weighted by Crippen LogP contribution is -2.22. The van der Waals surface area contributed by atoms with Crippen molar-refractivity contribution in [3.63, 3.8) is 0 Å². The van der Waals surface area contributed by atoms with Crippen LogP contribution in [0.4, 0.5) is 0 Å². The number of hydrogen-bond donors (Lipinski definition) is 1. The van der Waals surface area contributed by atoms with Crippen LogP contribution in [0.2, 0.25) is 5.02 Å². The number of carbonyl (C=O) groups is 1. The van der Waals surface area contributed by atoms with E-state index in [9.17, 15) is 13.2 Å². The van der Waals surface area contributed by atoms with E-state index in [-0.39, 0.29) is 23.0 Å². The van der Waals surface area contributed by atoms with Crippen molar-refractivity contribution in [1.29, 1.82) is 0 Å². The normalized spacial score (nSPS) is 11.3. The third-order valence-electron chi connectivity index (χ3n) is 3.78. The largest absolute Gasteiger partial charge is 0.455 e. The van der Waals surface area contributed by atoms with Crippen molar-refractivity contribution in [2.75, 3.05) is 0 Å². The summed E-state index contributed by atoms with van der Waals surface area (Å²) in [6.07, 6.45) is 3.27. The van der Waals surface area contributed by atoms with Gasteiger partial charge in [0, 0.05) is 24.0 Å². The minimum absolute atomic E-state index is 0.0620. The van der Waals surface area contributed by atoms with Crippen molar-refractivity contribution in [1.82, 2.24) is 10.3 Å². The average molecular weight is 405 g/mol. The van der Waals surface area contributed by atoms with Crippen LogP contribution in [0.5, 0.6) is 0 Å². The molecule has 0 saturated heterocycles. The van der Waals surface area contributed by atoms with Crippen molar-refractivity contribution < 1.29 is 17.6 Å². The van der Waals surface area contributed by atoms with Crippen LogP contribution in [0.1, 0.15) is 27.4 Å². The number of nitrogens with one attached hydrogen (secondary N) is 1. The maximum atomic E-state index is 12.4. The van der Waals surface area contributed by atoms with Gasteiger partial charge in [0.1, 0.15) is 11.5 Å². The van der Waals surface area contributed by atoms with Gasteiger partial charge >= 0.3 is 0 Å². The highest BCUT2D eigenvalue weighted by atomic mass is 35.5. The van der Waals surface area contributed by atoms with Crippen molar-refractivity contribution in [3.05, 3.63) is 88.6 Å². The van der Waals surface area contributed by atoms with Crippen LogP contribution in [0.15, 0.2) is 65.3 Å². The molecular formula is C19H17ClN2O4S. The summed E-state index contributed by atoms with van der Waals surface area (Å²) >= 11 is 6.02. The number of rotatable bonds is 7. The molecule has 0 aliphatic rings. The van der Waals surface area contributed by atoms with Gasteiger partial charge in [0.05, 0.1) is 5.75 Å². The second kappa shape index (κ2) is 8.37. The predicted molar refractivity (Wildman–Crippen MR) is 102 cm³/mol. The number of halogens is 1. The molecule has 0 bridgehead atoms. The van der Waals surface area contributed by atoms with Crippen LogP contribution >= 0.6 is 11.6 Å². The molecule has 3 rings (SSSR count). The molecule has 0 fully saturated rings. The average Bonchev–Trinajstić information content (AvgIpc) is 3.10. The molecule has 3 aromatic rings. The van der Waals surface area contributed by atoms with Crippen LogP contribution in [0.25, 0.3) is 0 Å². The minimum Gasteiger partial charge on any atom is -0.455 e. The Balaban J connectivity index is 1.61. The molecule has 6 nitrogen and oxygen atoms in total. The van der Waals surface area contributed by atoms with E-state index >= 15 is 0 Å². The summed E-state index contributed by atoms with van der Waals surface area (Å²) in [4.78, 5) is 16.1. The third kappa shape index (κ3) is 5.42. The van der Waals surface area contributed by atoms with Crippen molar-refractivity contribution in [2.45, 2.75) is 18.1 Å². The number of sulfone groups is 1. The molecule has 0 aliphatic heterocycles. The molecule has 2 heterocycles. The highest BCUT2D eigenvalue weighted by molar-refractivity contribution is 7.89. The van der Waals surface area contributed by atoms with E-state index in [2.05, 4.69) is 10.3 Å². The van der Waals surface area contributed by atoms with Crippen LogP contribution in [-0.2, 0) is 27.9 Å². The first-order valence-corrected chi connectivity index (χ1v) is 10.3. The molecule has 1 aromatic carbocycles. The van der Waals surface area contributed by atoms with E-state index in [1.54, 1.807) is 48.8 Å². The maximum absolute atomic E-state index is 12.4. The SMILES string of the molecule is O=C(NCc1ccncc1)c1ccc(CS(=O)(=O)Cc2ccccc2Cl)o1. The highest BCUT2D eigenvalue weighted by Crippen LogP contribution is 2.20. The summed E-state index contributed by atoms with van der Waals surface area (Å²) in [6.45, 7) is 0.322. The standard InChI is InChI=1S/C19H17ClN2O4S/c20-17-4-2-1-3-15(17)12-27(24,25)13-16-5-6-18(26-16)19(23)22-11-14-7-9-21-10-8-14/h1-10H,11-13H2,(H,22,23). The Morgan fingerprint density at radius 3 is 2.52 bits per heavy atom. The zero-order chi connectivity index (χ0) is 19.3. The summed E-state index contributed by atoms with van der Waals surface area (Å²) in [6, 6.07) is 13.3. The highest BCUT2D eigenvalue weighted by Gasteiger charge is 2.19. The quantitative estimate of drug-likeness (QED) is 0.652. The number of hydrogen-bond acceptors (Lipinski definition) is 5. The second-order valence-electron chi connectivity index (χ2n) is 5.93. The van der Waals surface area contributed by atoms with Crippen LogP contribution in [-0.4, -0.2) is 19.3 Å². The third-order valence-corrected chi connectivity index (χ3v) is 5.63. The molecule has 0 unspecified atom stereocenters. The lowest BCUT2D eigenvalue weighted by Gasteiger charge is -2.05. The van der Waals surface area contributed by atoms with Crippen LogP contribution < -0.4 is 5.32 Å². The van der Waals surface area contributed by atoms with Gasteiger partial charge in [0.2, 0.25) is 0 Å². The summed E-state index contributed by atoms with van der Waals surface area (Å²) in [5.74, 6) is -0.656. The molecule has 0 spiro atoms. The second-order valence-corrected chi connectivity index (χ2v) is 8.40. The monoisotopic (exact) mass is 404 g/mol. The fourth-order valence-corrected chi connectivity index (χ4v) is 4.17. The van der Waals surface area contributed by atoms with E-state index < -0.39 is 15.7 Å². The van der Waals surface area contributed by atoms with E-state index in [0.717, 1.165) is 5.56 Å². The Hall–Kier alpha value is -2.64. The first-order valence-electron chi connectivity index (χ1n) is 8.12. The number of aromatic nitrogens is 1. The van der Waals surface area contributed by atoms with Gasteiger partial charge in [-0.15, -0.1) is 0 Å². The van der Waals surface area contributed by atoms with Gasteiger partial charge in [0.25, 0.3) is 5.91 Å². The number of nitrogens with zero attached hydrogens (tertiary/aromatic N) is 1. The van der Waals surface area contributed by atoms with Gasteiger partial charge in [-0.3, -0.25) is 9.78 Å². The van der Waals surface area contributed by atoms with Crippen molar-refractivity contribution in [3.8, 4) is 0 Å². The maximum Gasteiger partial charge on any atom is 0.287 e. The first-order chi connectivity index (χ1) is 12.9. The van der Waals surface area contributed by atoms with Crippen molar-refractivity contribution >= 4 is 27.3 Å². The zero-order valence-electron chi connectivity index (χ0n) is 14.3. The van der Waals surface area contributed by atoms with Gasteiger partial charge in [-0.2, -0.15) is 0 Å². The molecule has 8 heteroatoms. The lowest BCUT2D eigenvalue weighted by atomic mass is 10.2. The number of pyridine rings is 1. The van der Waals surface area contributed by atoms with E-state index in [4.69, 9.17) is 16.0 Å². The zero-order valence-corrected chi connectivity index (χ0v) is 15.8. The van der Waals surface area contributed by atoms with Gasteiger partial charge in [-0.25, -0.2) is 8.42 Å². The van der Waals surface area contributed by atoms with E-state index in [1.807, 2.05) is 0 Å². The minimum atomic E-state index is -3.49. The molecule has 140 valence electrons. The van der Waals surface area contributed by atoms with Crippen LogP contribution in [0.3, 0.4) is 0 Å². The summed E-state index contributed by atoms with van der Waals surface area (Å²) in [5, 5.41) is 3.11. The molecule has 1 amide bonds. The Bertz CT molecular complexity index is 1030. The molecule has 1 N–H and O–H groups in total. The van der Waals surface area contributed by atoms with Gasteiger partial charge < -0.3 is 9.73 Å². The Morgan fingerprint density at radius 1 is 1.04 bits per heavy atom. The molecule has 0 saturated carbocycles. The van der Waals surface area contributed by atoms with Crippen molar-refractivity contribution in [2.24, 2.45) is 0 Å². The molecule has 0 aliphatic carbocycles. The topological polar surface area (TPSA) is 89.3 Å². The predicted octanol–water partition coefficient (Wildman–Crippen LogP) is 3.37.